The van der Waals surface area contributed by atoms with Crippen LogP contribution in [-0.4, -0.2) is 29.8 Å². The first kappa shape index (κ1) is 23.9. The Morgan fingerprint density at radius 1 is 1.19 bits per heavy atom. The average molecular weight is 613 g/mol. The van der Waals surface area contributed by atoms with E-state index in [0.29, 0.717) is 34.0 Å². The van der Waals surface area contributed by atoms with Crippen molar-refractivity contribution in [3.8, 4) is 11.1 Å². The maximum Gasteiger partial charge on any atom is 0.310 e. The highest BCUT2D eigenvalue weighted by Crippen LogP contribution is 2.37. The van der Waals surface area contributed by atoms with E-state index in [9.17, 15) is 14.9 Å². The minimum absolute atomic E-state index is 0.0363. The molecule has 0 saturated heterocycles. The van der Waals surface area contributed by atoms with Crippen LogP contribution < -0.4 is 11.1 Å². The summed E-state index contributed by atoms with van der Waals surface area (Å²) in [5.74, 6) is -0.285. The molecule has 0 bridgehead atoms. The van der Waals surface area contributed by atoms with E-state index in [0.717, 1.165) is 35.1 Å². The lowest BCUT2D eigenvalue weighted by Gasteiger charge is -2.07. The molecule has 0 fully saturated rings. The van der Waals surface area contributed by atoms with Gasteiger partial charge in [0.05, 0.1) is 16.0 Å². The zero-order valence-electron chi connectivity index (χ0n) is 18.3. The number of hydrogen-bond acceptors (Lipinski definition) is 9. The van der Waals surface area contributed by atoms with Gasteiger partial charge in [-0.15, -0.1) is 0 Å². The van der Waals surface area contributed by atoms with Crippen LogP contribution in [0.15, 0.2) is 67.4 Å². The lowest BCUT2D eigenvalue weighted by atomic mass is 10.0. The fraction of sp³-hybridized carbons (Fsp3) is 0.0435. The van der Waals surface area contributed by atoms with E-state index in [2.05, 4.69) is 20.3 Å². The van der Waals surface area contributed by atoms with Gasteiger partial charge >= 0.3 is 5.69 Å². The molecule has 4 aromatic heterocycles. The molecule has 0 saturated carbocycles. The van der Waals surface area contributed by atoms with Crippen molar-refractivity contribution in [2.75, 3.05) is 5.73 Å². The van der Waals surface area contributed by atoms with Gasteiger partial charge in [-0.25, -0.2) is 12.5 Å². The largest absolute Gasteiger partial charge is 0.393 e. The third-order valence-corrected chi connectivity index (χ3v) is 6.53. The summed E-state index contributed by atoms with van der Waals surface area (Å²) in [6, 6.07) is 10.8. The number of nitrogens with one attached hydrogen (secondary N) is 1. The van der Waals surface area contributed by atoms with Gasteiger partial charge in [-0.3, -0.25) is 23.9 Å². The number of benzene rings is 1. The van der Waals surface area contributed by atoms with Crippen molar-refractivity contribution < 1.29 is 12.2 Å². The Hall–Kier alpha value is -3.82. The fourth-order valence-electron chi connectivity index (χ4n) is 3.82. The van der Waals surface area contributed by atoms with Gasteiger partial charge in [-0.05, 0) is 35.4 Å². The van der Waals surface area contributed by atoms with Crippen LogP contribution in [0.5, 0.6) is 0 Å². The highest BCUT2D eigenvalue weighted by atomic mass is 127. The van der Waals surface area contributed by atoms with E-state index in [1.165, 1.54) is 6.20 Å². The molecule has 36 heavy (non-hydrogen) atoms. The minimum atomic E-state index is -0.560. The first-order chi connectivity index (χ1) is 17.5. The summed E-state index contributed by atoms with van der Waals surface area (Å²) in [6.45, 7) is 0.326. The Morgan fingerprint density at radius 3 is 2.81 bits per heavy atom. The number of halogens is 1. The number of anilines is 1. The second kappa shape index (κ2) is 10.0. The highest BCUT2D eigenvalue weighted by molar-refractivity contribution is 14.1. The topological polar surface area (TPSA) is 151 Å². The van der Waals surface area contributed by atoms with Gasteiger partial charge in [0.25, 0.3) is 5.91 Å². The van der Waals surface area contributed by atoms with Crippen LogP contribution in [0.4, 0.5) is 11.4 Å². The van der Waals surface area contributed by atoms with E-state index in [1.54, 1.807) is 63.6 Å². The molecule has 5 rings (SSSR count). The second-order valence-electron chi connectivity index (χ2n) is 7.69. The molecule has 0 spiro atoms. The van der Waals surface area contributed by atoms with E-state index in [-0.39, 0.29) is 17.3 Å². The van der Waals surface area contributed by atoms with E-state index >= 15 is 0 Å². The lowest BCUT2D eigenvalue weighted by Crippen LogP contribution is -2.23. The van der Waals surface area contributed by atoms with Gasteiger partial charge in [0.1, 0.15) is 47.1 Å². The van der Waals surface area contributed by atoms with Crippen LogP contribution in [-0.2, 0) is 9.06 Å². The summed E-state index contributed by atoms with van der Waals surface area (Å²) < 4.78 is 6.93. The van der Waals surface area contributed by atoms with Crippen LogP contribution >= 0.6 is 35.2 Å². The number of nitro groups is 1. The van der Waals surface area contributed by atoms with E-state index < -0.39 is 4.92 Å². The summed E-state index contributed by atoms with van der Waals surface area (Å²) >= 11 is 2.83. The number of aromatic nitrogens is 4. The number of pyridine rings is 3. The van der Waals surface area contributed by atoms with Crippen LogP contribution in [0.1, 0.15) is 15.9 Å². The molecular formula is C23H16IN7O4S. The van der Waals surface area contributed by atoms with Crippen molar-refractivity contribution in [3.05, 3.63) is 88.6 Å². The Labute approximate surface area is 222 Å². The molecule has 1 aromatic carbocycles. The molecular weight excluding hydrogens is 597 g/mol. The highest BCUT2D eigenvalue weighted by Gasteiger charge is 2.19. The Bertz CT molecular complexity index is 1630. The lowest BCUT2D eigenvalue weighted by molar-refractivity contribution is -0.384. The summed E-state index contributed by atoms with van der Waals surface area (Å²) in [5.41, 5.74) is 9.71. The predicted molar refractivity (Wildman–Crippen MR) is 145 cm³/mol. The van der Waals surface area contributed by atoms with Crippen molar-refractivity contribution in [2.45, 2.75) is 6.54 Å². The standard InChI is InChI=1S/C23H16IN7O4S/c24-35-36-30-12-18(14-3-4-19-17(6-14)21(25)20(11-27-19)31(33)34)16-7-15(10-28-22(16)30)23(32)29-9-13-2-1-5-26-8-13/h1-8,10-12H,9H2,(H2,25,27)(H,29,32). The third-order valence-electron chi connectivity index (χ3n) is 5.55. The van der Waals surface area contributed by atoms with Gasteiger partial charge in [0.15, 0.2) is 5.65 Å². The molecule has 0 radical (unpaired) electrons. The molecule has 0 aliphatic heterocycles. The van der Waals surface area contributed by atoms with E-state index in [1.807, 2.05) is 18.3 Å². The molecule has 13 heteroatoms. The number of rotatable bonds is 7. The van der Waals surface area contributed by atoms with Crippen LogP contribution in [0.2, 0.25) is 0 Å². The summed E-state index contributed by atoms with van der Waals surface area (Å²) in [6.07, 6.45) is 7.83. The number of nitrogen functional groups attached to an aromatic ring is 1. The maximum absolute atomic E-state index is 12.9. The Kier molecular flexibility index (Phi) is 6.67. The molecule has 5 aromatic rings. The van der Waals surface area contributed by atoms with Crippen LogP contribution in [0.3, 0.4) is 0 Å². The molecule has 0 atom stereocenters. The molecule has 0 aliphatic carbocycles. The molecule has 0 aliphatic rings. The molecule has 0 unspecified atom stereocenters. The first-order valence-corrected chi connectivity index (χ1v) is 12.0. The molecule has 11 nitrogen and oxygen atoms in total. The third kappa shape index (κ3) is 4.55. The van der Waals surface area contributed by atoms with Gasteiger partial charge in [0, 0.05) is 47.7 Å². The first-order valence-electron chi connectivity index (χ1n) is 10.4. The van der Waals surface area contributed by atoms with Gasteiger partial charge in [0.2, 0.25) is 0 Å². The number of fused-ring (bicyclic) bond motifs is 2. The Morgan fingerprint density at radius 2 is 2.06 bits per heavy atom. The average Bonchev–Trinajstić information content (AvgIpc) is 3.25. The predicted octanol–water partition coefficient (Wildman–Crippen LogP) is 4.84. The van der Waals surface area contributed by atoms with Gasteiger partial charge in [-0.1, -0.05) is 12.1 Å². The second-order valence-corrected chi connectivity index (χ2v) is 9.44. The minimum Gasteiger partial charge on any atom is -0.393 e. The van der Waals surface area contributed by atoms with E-state index in [4.69, 9.17) is 8.25 Å². The number of nitrogens with two attached hydrogens (primary N) is 1. The van der Waals surface area contributed by atoms with Crippen molar-refractivity contribution in [1.29, 1.82) is 0 Å². The monoisotopic (exact) mass is 613 g/mol. The zero-order valence-corrected chi connectivity index (χ0v) is 21.3. The quantitative estimate of drug-likeness (QED) is 0.114. The molecule has 180 valence electrons. The normalized spacial score (nSPS) is 11.1. The summed E-state index contributed by atoms with van der Waals surface area (Å²) in [4.78, 5) is 36.3. The smallest absolute Gasteiger partial charge is 0.310 e. The number of carbonyl (C=O) groups excluding carboxylic acids is 1. The van der Waals surface area contributed by atoms with Crippen molar-refractivity contribution >= 4 is 74.5 Å². The maximum atomic E-state index is 12.9. The van der Waals surface area contributed by atoms with Gasteiger partial charge in [-0.2, -0.15) is 0 Å². The Balaban J connectivity index is 1.58. The zero-order chi connectivity index (χ0) is 25.2. The SMILES string of the molecule is Nc1c([N+](=O)[O-])cnc2ccc(-c3cn(SOI)c4ncc(C(=O)NCc5cccnc5)cc34)cc12. The number of hydrogen-bond donors (Lipinski definition) is 2. The summed E-state index contributed by atoms with van der Waals surface area (Å²) in [5, 5.41) is 15.4. The van der Waals surface area contributed by atoms with Crippen molar-refractivity contribution in [3.63, 3.8) is 0 Å². The van der Waals surface area contributed by atoms with Crippen molar-refractivity contribution in [1.82, 2.24) is 24.2 Å². The fourth-order valence-corrected chi connectivity index (χ4v) is 4.77. The van der Waals surface area contributed by atoms with Crippen LogP contribution in [0.25, 0.3) is 33.1 Å². The summed E-state index contributed by atoms with van der Waals surface area (Å²) in [7, 11) is 0. The number of nitrogens with zero attached hydrogens (tertiary/aromatic N) is 5. The number of amides is 1. The molecule has 1 amide bonds. The van der Waals surface area contributed by atoms with Gasteiger partial charge < -0.3 is 11.1 Å². The molecule has 4 heterocycles. The number of carbonyl (C=O) groups is 1. The van der Waals surface area contributed by atoms with Crippen molar-refractivity contribution in [2.24, 2.45) is 0 Å². The van der Waals surface area contributed by atoms with Crippen LogP contribution in [0, 0.1) is 10.1 Å². The molecule has 3 N–H and O–H groups in total.